The molecule has 0 saturated heterocycles. The monoisotopic (exact) mass is 309 g/mol. The van der Waals surface area contributed by atoms with Crippen molar-refractivity contribution in [1.82, 2.24) is 23.9 Å². The summed E-state index contributed by atoms with van der Waals surface area (Å²) in [5.41, 5.74) is 0.834. The fraction of sp³-hybridized carbons (Fsp3) is 0.100. The highest BCUT2D eigenvalue weighted by Gasteiger charge is 2.10. The van der Waals surface area contributed by atoms with E-state index in [1.165, 1.54) is 11.8 Å². The molecule has 86 valence electrons. The molecule has 3 heterocycles. The number of nitrogens with zero attached hydrogens (tertiary/aromatic N) is 5. The van der Waals surface area contributed by atoms with E-state index in [0.29, 0.717) is 0 Å². The number of aryl methyl sites for hydroxylation is 1. The smallest absolute Gasteiger partial charge is 0.174 e. The Morgan fingerprint density at radius 3 is 2.82 bits per heavy atom. The third-order valence-electron chi connectivity index (χ3n) is 2.28. The molecule has 0 radical (unpaired) electrons. The zero-order valence-corrected chi connectivity index (χ0v) is 11.3. The zero-order chi connectivity index (χ0) is 11.8. The number of aromatic nitrogens is 5. The first kappa shape index (κ1) is 10.8. The molecule has 5 nitrogen and oxygen atoms in total. The van der Waals surface area contributed by atoms with Gasteiger partial charge in [-0.1, -0.05) is 0 Å². The fourth-order valence-corrected chi connectivity index (χ4v) is 2.88. The molecular weight excluding hydrogens is 302 g/mol. The SMILES string of the molecule is Cn1ccnc1Sc1nc(Br)cn2ccnc12. The largest absolute Gasteiger partial charge is 0.329 e. The van der Waals surface area contributed by atoms with Gasteiger partial charge in [0.2, 0.25) is 0 Å². The van der Waals surface area contributed by atoms with Gasteiger partial charge in [0.25, 0.3) is 0 Å². The van der Waals surface area contributed by atoms with Gasteiger partial charge in [0, 0.05) is 38.0 Å². The van der Waals surface area contributed by atoms with E-state index >= 15 is 0 Å². The van der Waals surface area contributed by atoms with Crippen molar-refractivity contribution in [2.75, 3.05) is 0 Å². The molecule has 17 heavy (non-hydrogen) atoms. The van der Waals surface area contributed by atoms with Gasteiger partial charge in [0.15, 0.2) is 10.8 Å². The third-order valence-corrected chi connectivity index (χ3v) is 3.70. The number of halogens is 1. The van der Waals surface area contributed by atoms with E-state index < -0.39 is 0 Å². The summed E-state index contributed by atoms with van der Waals surface area (Å²) in [5, 5.41) is 1.72. The van der Waals surface area contributed by atoms with Gasteiger partial charge >= 0.3 is 0 Å². The summed E-state index contributed by atoms with van der Waals surface area (Å²) in [7, 11) is 1.95. The number of hydrogen-bond donors (Lipinski definition) is 0. The Labute approximate surface area is 110 Å². The summed E-state index contributed by atoms with van der Waals surface area (Å²) in [6.45, 7) is 0. The maximum Gasteiger partial charge on any atom is 0.174 e. The van der Waals surface area contributed by atoms with Gasteiger partial charge < -0.3 is 8.97 Å². The van der Waals surface area contributed by atoms with Crippen molar-refractivity contribution in [2.24, 2.45) is 7.05 Å². The molecule has 0 aliphatic carbocycles. The lowest BCUT2D eigenvalue weighted by Gasteiger charge is -2.03. The Kier molecular flexibility index (Phi) is 2.64. The van der Waals surface area contributed by atoms with E-state index in [2.05, 4.69) is 30.9 Å². The molecule has 0 spiro atoms. The van der Waals surface area contributed by atoms with E-state index in [9.17, 15) is 0 Å². The average molecular weight is 310 g/mol. The van der Waals surface area contributed by atoms with Crippen molar-refractivity contribution >= 4 is 33.3 Å². The molecule has 3 aromatic heterocycles. The van der Waals surface area contributed by atoms with Crippen LogP contribution in [0, 0.1) is 0 Å². The van der Waals surface area contributed by atoms with Crippen LogP contribution in [0.2, 0.25) is 0 Å². The second-order valence-corrected chi connectivity index (χ2v) is 5.22. The van der Waals surface area contributed by atoms with Crippen LogP contribution in [0.4, 0.5) is 0 Å². The maximum atomic E-state index is 4.43. The summed E-state index contributed by atoms with van der Waals surface area (Å²) in [6, 6.07) is 0. The molecule has 0 unspecified atom stereocenters. The van der Waals surface area contributed by atoms with E-state index in [4.69, 9.17) is 0 Å². The molecule has 3 rings (SSSR count). The fourth-order valence-electron chi connectivity index (χ4n) is 1.48. The minimum absolute atomic E-state index is 0.778. The summed E-state index contributed by atoms with van der Waals surface area (Å²) in [5.74, 6) is 0. The van der Waals surface area contributed by atoms with Crippen LogP contribution in [0.3, 0.4) is 0 Å². The van der Waals surface area contributed by atoms with Crippen LogP contribution < -0.4 is 0 Å². The average Bonchev–Trinajstić information content (AvgIpc) is 2.88. The minimum Gasteiger partial charge on any atom is -0.329 e. The van der Waals surface area contributed by atoms with Crippen LogP contribution in [-0.4, -0.2) is 23.9 Å². The quantitative estimate of drug-likeness (QED) is 0.729. The lowest BCUT2D eigenvalue weighted by molar-refractivity contribution is 0.788. The second kappa shape index (κ2) is 4.15. The van der Waals surface area contributed by atoms with Crippen LogP contribution in [0.15, 0.2) is 45.8 Å². The van der Waals surface area contributed by atoms with E-state index in [-0.39, 0.29) is 0 Å². The molecule has 0 atom stereocenters. The molecular formula is C10H8BrN5S. The van der Waals surface area contributed by atoms with Gasteiger partial charge in [-0.15, -0.1) is 0 Å². The molecule has 0 aliphatic heterocycles. The van der Waals surface area contributed by atoms with Crippen molar-refractivity contribution < 1.29 is 0 Å². The lowest BCUT2D eigenvalue weighted by atomic mass is 10.7. The highest BCUT2D eigenvalue weighted by Crippen LogP contribution is 2.28. The van der Waals surface area contributed by atoms with Crippen LogP contribution >= 0.6 is 27.7 Å². The molecule has 0 aliphatic rings. The molecule has 3 aromatic rings. The van der Waals surface area contributed by atoms with Gasteiger partial charge in [0.05, 0.1) is 0 Å². The summed E-state index contributed by atoms with van der Waals surface area (Å²) < 4.78 is 4.66. The highest BCUT2D eigenvalue weighted by molar-refractivity contribution is 9.10. The van der Waals surface area contributed by atoms with Crippen LogP contribution in [0.25, 0.3) is 5.65 Å². The van der Waals surface area contributed by atoms with Crippen molar-refractivity contribution in [1.29, 1.82) is 0 Å². The van der Waals surface area contributed by atoms with Crippen LogP contribution in [-0.2, 0) is 7.05 Å². The molecule has 0 bridgehead atoms. The lowest BCUT2D eigenvalue weighted by Crippen LogP contribution is -1.94. The Morgan fingerprint density at radius 2 is 2.06 bits per heavy atom. The molecule has 0 amide bonds. The Morgan fingerprint density at radius 1 is 1.24 bits per heavy atom. The maximum absolute atomic E-state index is 4.43. The molecule has 0 N–H and O–H groups in total. The first-order valence-electron chi connectivity index (χ1n) is 4.88. The molecule has 0 aromatic carbocycles. The minimum atomic E-state index is 0.778. The predicted octanol–water partition coefficient (Wildman–Crippen LogP) is 2.38. The third kappa shape index (κ3) is 1.96. The van der Waals surface area contributed by atoms with Crippen molar-refractivity contribution in [3.05, 3.63) is 35.6 Å². The second-order valence-electron chi connectivity index (χ2n) is 3.45. The van der Waals surface area contributed by atoms with Gasteiger partial charge in [-0.25, -0.2) is 15.0 Å². The first-order chi connectivity index (χ1) is 8.24. The summed E-state index contributed by atoms with van der Waals surface area (Å²) >= 11 is 4.89. The van der Waals surface area contributed by atoms with Crippen LogP contribution in [0.1, 0.15) is 0 Å². The highest BCUT2D eigenvalue weighted by atomic mass is 79.9. The molecule has 0 saturated carbocycles. The predicted molar refractivity (Wildman–Crippen MR) is 68.0 cm³/mol. The van der Waals surface area contributed by atoms with Gasteiger partial charge in [-0.3, -0.25) is 0 Å². The Hall–Kier alpha value is -1.34. The molecule has 7 heteroatoms. The van der Waals surface area contributed by atoms with E-state index in [0.717, 1.165) is 20.4 Å². The summed E-state index contributed by atoms with van der Waals surface area (Å²) in [4.78, 5) is 13.0. The topological polar surface area (TPSA) is 48.0 Å². The zero-order valence-electron chi connectivity index (χ0n) is 8.91. The normalized spacial score (nSPS) is 11.2. The van der Waals surface area contributed by atoms with E-state index in [1.54, 1.807) is 12.4 Å². The van der Waals surface area contributed by atoms with Crippen molar-refractivity contribution in [2.45, 2.75) is 10.2 Å². The number of hydrogen-bond acceptors (Lipinski definition) is 4. The van der Waals surface area contributed by atoms with E-state index in [1.807, 2.05) is 34.6 Å². The van der Waals surface area contributed by atoms with Crippen molar-refractivity contribution in [3.8, 4) is 0 Å². The Balaban J connectivity index is 2.11. The number of imidazole rings is 2. The van der Waals surface area contributed by atoms with Gasteiger partial charge in [-0.2, -0.15) is 0 Å². The van der Waals surface area contributed by atoms with Gasteiger partial charge in [0.1, 0.15) is 9.63 Å². The van der Waals surface area contributed by atoms with Gasteiger partial charge in [-0.05, 0) is 27.7 Å². The number of rotatable bonds is 2. The Bertz CT molecular complexity index is 674. The van der Waals surface area contributed by atoms with Crippen LogP contribution in [0.5, 0.6) is 0 Å². The van der Waals surface area contributed by atoms with Crippen molar-refractivity contribution in [3.63, 3.8) is 0 Å². The molecule has 0 fully saturated rings. The first-order valence-corrected chi connectivity index (χ1v) is 6.49. The summed E-state index contributed by atoms with van der Waals surface area (Å²) in [6.07, 6.45) is 9.20. The standard InChI is InChI=1S/C10H8BrN5S/c1-15-4-2-13-10(15)17-9-8-12-3-5-16(8)6-7(11)14-9/h2-6H,1H3. The number of fused-ring (bicyclic) bond motifs is 1.